The largest absolute Gasteiger partial charge is 0.356 e. The predicted octanol–water partition coefficient (Wildman–Crippen LogP) is 1.31. The SMILES string of the molecule is CN1CCN(S(=O)(=O)c2cccc(Cl)c2)CC12CCNC(=O)CC2. The van der Waals surface area contributed by atoms with Crippen molar-refractivity contribution in [1.82, 2.24) is 14.5 Å². The van der Waals surface area contributed by atoms with Gasteiger partial charge in [0.25, 0.3) is 0 Å². The van der Waals surface area contributed by atoms with Crippen molar-refractivity contribution in [2.45, 2.75) is 29.7 Å². The zero-order valence-corrected chi connectivity index (χ0v) is 15.2. The summed E-state index contributed by atoms with van der Waals surface area (Å²) in [4.78, 5) is 14.1. The molecule has 1 aromatic rings. The molecule has 1 spiro atoms. The predicted molar refractivity (Wildman–Crippen MR) is 92.4 cm³/mol. The molecule has 1 unspecified atom stereocenters. The maximum absolute atomic E-state index is 13.0. The number of amides is 1. The molecule has 1 amide bonds. The van der Waals surface area contributed by atoms with Crippen LogP contribution < -0.4 is 5.32 Å². The van der Waals surface area contributed by atoms with Gasteiger partial charge in [0, 0.05) is 43.2 Å². The van der Waals surface area contributed by atoms with E-state index in [1.54, 1.807) is 18.2 Å². The summed E-state index contributed by atoms with van der Waals surface area (Å²) in [6, 6.07) is 6.37. The van der Waals surface area contributed by atoms with Gasteiger partial charge < -0.3 is 5.32 Å². The van der Waals surface area contributed by atoms with E-state index in [0.29, 0.717) is 44.0 Å². The van der Waals surface area contributed by atoms with Crippen LogP contribution in [0.5, 0.6) is 0 Å². The minimum absolute atomic E-state index is 0.0371. The molecule has 2 fully saturated rings. The van der Waals surface area contributed by atoms with E-state index in [2.05, 4.69) is 10.2 Å². The van der Waals surface area contributed by atoms with Gasteiger partial charge >= 0.3 is 0 Å². The second kappa shape index (κ2) is 6.63. The van der Waals surface area contributed by atoms with Gasteiger partial charge in [-0.2, -0.15) is 4.31 Å². The van der Waals surface area contributed by atoms with Crippen molar-refractivity contribution in [3.63, 3.8) is 0 Å². The maximum atomic E-state index is 13.0. The number of sulfonamides is 1. The van der Waals surface area contributed by atoms with Gasteiger partial charge in [0.15, 0.2) is 0 Å². The quantitative estimate of drug-likeness (QED) is 0.851. The third-order valence-corrected chi connectivity index (χ3v) is 7.21. The number of nitrogens with zero attached hydrogens (tertiary/aromatic N) is 2. The van der Waals surface area contributed by atoms with Gasteiger partial charge in [-0.1, -0.05) is 17.7 Å². The number of carbonyl (C=O) groups excluding carboxylic acids is 1. The number of piperazine rings is 1. The van der Waals surface area contributed by atoms with Gasteiger partial charge in [-0.05, 0) is 38.1 Å². The molecule has 24 heavy (non-hydrogen) atoms. The van der Waals surface area contributed by atoms with Gasteiger partial charge in [0.05, 0.1) is 4.90 Å². The molecule has 2 heterocycles. The Balaban J connectivity index is 1.88. The molecule has 2 aliphatic rings. The fraction of sp³-hybridized carbons (Fsp3) is 0.562. The minimum atomic E-state index is -3.59. The third kappa shape index (κ3) is 3.31. The van der Waals surface area contributed by atoms with E-state index in [9.17, 15) is 13.2 Å². The first-order valence-electron chi connectivity index (χ1n) is 8.07. The number of hydrogen-bond donors (Lipinski definition) is 1. The van der Waals surface area contributed by atoms with Crippen LogP contribution >= 0.6 is 11.6 Å². The zero-order valence-electron chi connectivity index (χ0n) is 13.7. The molecule has 1 aromatic carbocycles. The van der Waals surface area contributed by atoms with Crippen molar-refractivity contribution < 1.29 is 13.2 Å². The number of likely N-dealkylation sites (N-methyl/N-ethyl adjacent to an activating group) is 1. The average Bonchev–Trinajstić information content (AvgIpc) is 2.73. The van der Waals surface area contributed by atoms with Crippen molar-refractivity contribution in [3.8, 4) is 0 Å². The number of hydrogen-bond acceptors (Lipinski definition) is 4. The van der Waals surface area contributed by atoms with E-state index in [1.807, 2.05) is 7.05 Å². The normalized spacial score (nSPS) is 27.0. The first-order chi connectivity index (χ1) is 11.3. The lowest BCUT2D eigenvalue weighted by Crippen LogP contribution is -2.62. The molecular formula is C16H22ClN3O3S. The summed E-state index contributed by atoms with van der Waals surface area (Å²) < 4.78 is 27.5. The van der Waals surface area contributed by atoms with Crippen molar-refractivity contribution >= 4 is 27.5 Å². The number of halogens is 1. The highest BCUT2D eigenvalue weighted by molar-refractivity contribution is 7.89. The number of rotatable bonds is 2. The van der Waals surface area contributed by atoms with E-state index < -0.39 is 10.0 Å². The fourth-order valence-corrected chi connectivity index (χ4v) is 5.35. The molecule has 0 saturated carbocycles. The molecule has 0 aliphatic carbocycles. The molecule has 3 rings (SSSR count). The topological polar surface area (TPSA) is 69.7 Å². The van der Waals surface area contributed by atoms with E-state index in [-0.39, 0.29) is 16.3 Å². The van der Waals surface area contributed by atoms with E-state index >= 15 is 0 Å². The summed E-state index contributed by atoms with van der Waals surface area (Å²) in [5.41, 5.74) is -0.303. The molecule has 6 nitrogen and oxygen atoms in total. The van der Waals surface area contributed by atoms with Crippen LogP contribution in [0.25, 0.3) is 0 Å². The zero-order chi connectivity index (χ0) is 17.4. The van der Waals surface area contributed by atoms with Gasteiger partial charge in [0.1, 0.15) is 0 Å². The van der Waals surface area contributed by atoms with Crippen LogP contribution in [0.1, 0.15) is 19.3 Å². The van der Waals surface area contributed by atoms with Crippen molar-refractivity contribution in [2.75, 3.05) is 33.2 Å². The third-order valence-electron chi connectivity index (χ3n) is 5.13. The molecule has 0 radical (unpaired) electrons. The Bertz CT molecular complexity index is 740. The minimum Gasteiger partial charge on any atom is -0.356 e. The molecule has 8 heteroatoms. The Morgan fingerprint density at radius 3 is 2.79 bits per heavy atom. The van der Waals surface area contributed by atoms with Crippen molar-refractivity contribution in [1.29, 1.82) is 0 Å². The second-order valence-corrected chi connectivity index (χ2v) is 8.92. The summed E-state index contributed by atoms with van der Waals surface area (Å²) in [7, 11) is -1.58. The second-order valence-electron chi connectivity index (χ2n) is 6.54. The van der Waals surface area contributed by atoms with Gasteiger partial charge in [-0.25, -0.2) is 8.42 Å². The van der Waals surface area contributed by atoms with Gasteiger partial charge in [0.2, 0.25) is 15.9 Å². The lowest BCUT2D eigenvalue weighted by molar-refractivity contribution is -0.121. The lowest BCUT2D eigenvalue weighted by atomic mass is 9.87. The highest BCUT2D eigenvalue weighted by Crippen LogP contribution is 2.33. The maximum Gasteiger partial charge on any atom is 0.243 e. The molecule has 2 saturated heterocycles. The number of carbonyl (C=O) groups is 1. The molecule has 1 N–H and O–H groups in total. The van der Waals surface area contributed by atoms with Crippen LogP contribution in [-0.2, 0) is 14.8 Å². The summed E-state index contributed by atoms with van der Waals surface area (Å²) in [6.45, 7) is 2.06. The van der Waals surface area contributed by atoms with Crippen LogP contribution in [0.15, 0.2) is 29.2 Å². The molecular weight excluding hydrogens is 350 g/mol. The fourth-order valence-electron chi connectivity index (χ4n) is 3.54. The first-order valence-corrected chi connectivity index (χ1v) is 9.89. The van der Waals surface area contributed by atoms with Crippen LogP contribution in [0.3, 0.4) is 0 Å². The monoisotopic (exact) mass is 371 g/mol. The molecule has 132 valence electrons. The standard InChI is InChI=1S/C16H22ClN3O3S/c1-19-9-10-20(12-16(19)6-5-15(21)18-8-7-16)24(22,23)14-4-2-3-13(17)11-14/h2-4,11H,5-10,12H2,1H3,(H,18,21). The summed E-state index contributed by atoms with van der Waals surface area (Å²) in [6.07, 6.45) is 1.84. The smallest absolute Gasteiger partial charge is 0.243 e. The van der Waals surface area contributed by atoms with Crippen molar-refractivity contribution in [3.05, 3.63) is 29.3 Å². The van der Waals surface area contributed by atoms with Gasteiger partial charge in [-0.3, -0.25) is 9.69 Å². The Hall–Kier alpha value is -1.15. The Morgan fingerprint density at radius 2 is 2.04 bits per heavy atom. The van der Waals surface area contributed by atoms with Crippen molar-refractivity contribution in [2.24, 2.45) is 0 Å². The van der Waals surface area contributed by atoms with Crippen LogP contribution in [-0.4, -0.2) is 62.3 Å². The lowest BCUT2D eigenvalue weighted by Gasteiger charge is -2.48. The summed E-state index contributed by atoms with van der Waals surface area (Å²) >= 11 is 5.96. The Labute approximate surface area is 147 Å². The molecule has 0 bridgehead atoms. The summed E-state index contributed by atoms with van der Waals surface area (Å²) in [5.74, 6) is 0.0371. The first kappa shape index (κ1) is 17.7. The number of nitrogens with one attached hydrogen (secondary N) is 1. The van der Waals surface area contributed by atoms with Gasteiger partial charge in [-0.15, -0.1) is 0 Å². The van der Waals surface area contributed by atoms with Crippen LogP contribution in [0.2, 0.25) is 5.02 Å². The highest BCUT2D eigenvalue weighted by Gasteiger charge is 2.44. The summed E-state index contributed by atoms with van der Waals surface area (Å²) in [5, 5.41) is 3.28. The van der Waals surface area contributed by atoms with Crippen LogP contribution in [0.4, 0.5) is 0 Å². The average molecular weight is 372 g/mol. The van der Waals surface area contributed by atoms with Crippen LogP contribution in [0, 0.1) is 0 Å². The Kier molecular flexibility index (Phi) is 4.88. The van der Waals surface area contributed by atoms with E-state index in [0.717, 1.165) is 6.42 Å². The highest BCUT2D eigenvalue weighted by atomic mass is 35.5. The number of benzene rings is 1. The molecule has 1 atom stereocenters. The Morgan fingerprint density at radius 1 is 1.25 bits per heavy atom. The van der Waals surface area contributed by atoms with E-state index in [1.165, 1.54) is 10.4 Å². The molecule has 2 aliphatic heterocycles. The molecule has 0 aromatic heterocycles. The van der Waals surface area contributed by atoms with E-state index in [4.69, 9.17) is 11.6 Å².